The molecule has 0 amide bonds. The number of halogens is 3. The van der Waals surface area contributed by atoms with Gasteiger partial charge >= 0.3 is 6.18 Å². The molecule has 0 aliphatic carbocycles. The van der Waals surface area contributed by atoms with Crippen LogP contribution in [0.15, 0.2) is 24.5 Å². The summed E-state index contributed by atoms with van der Waals surface area (Å²) in [7, 11) is 1.65. The third kappa shape index (κ3) is 2.79. The van der Waals surface area contributed by atoms with E-state index in [0.29, 0.717) is 23.6 Å². The fourth-order valence-corrected chi connectivity index (χ4v) is 2.61. The Hall–Kier alpha value is -3.04. The first kappa shape index (κ1) is 15.5. The van der Waals surface area contributed by atoms with E-state index < -0.39 is 12.0 Å². The number of hydrogen-bond donors (Lipinski definition) is 1. The van der Waals surface area contributed by atoms with Gasteiger partial charge < -0.3 is 19.4 Å². The number of aromatic nitrogens is 4. The highest BCUT2D eigenvalue weighted by Gasteiger charge is 2.36. The molecule has 0 saturated heterocycles. The van der Waals surface area contributed by atoms with Crippen molar-refractivity contribution in [1.82, 2.24) is 19.9 Å². The molecule has 0 saturated carbocycles. The highest BCUT2D eigenvalue weighted by molar-refractivity contribution is 5.83. The van der Waals surface area contributed by atoms with Gasteiger partial charge in [0.25, 0.3) is 0 Å². The molecule has 0 spiro atoms. The van der Waals surface area contributed by atoms with E-state index in [9.17, 15) is 13.2 Å². The Morgan fingerprint density at radius 3 is 2.80 bits per heavy atom. The molecule has 1 aromatic carbocycles. The van der Waals surface area contributed by atoms with Crippen LogP contribution in [0, 0.1) is 0 Å². The van der Waals surface area contributed by atoms with Crippen molar-refractivity contribution in [2.75, 3.05) is 18.7 Å². The average molecular weight is 351 g/mol. The highest BCUT2D eigenvalue weighted by Crippen LogP contribution is 2.34. The topological polar surface area (TPSA) is 76.2 Å². The van der Waals surface area contributed by atoms with Crippen LogP contribution < -0.4 is 14.4 Å². The van der Waals surface area contributed by atoms with Crippen molar-refractivity contribution in [3.8, 4) is 11.5 Å². The molecule has 4 rings (SSSR count). The zero-order valence-electron chi connectivity index (χ0n) is 13.0. The van der Waals surface area contributed by atoms with E-state index in [-0.39, 0.29) is 18.3 Å². The van der Waals surface area contributed by atoms with E-state index in [4.69, 9.17) is 9.47 Å². The number of rotatable bonds is 3. The van der Waals surface area contributed by atoms with Crippen LogP contribution >= 0.6 is 0 Å². The van der Waals surface area contributed by atoms with Crippen molar-refractivity contribution in [3.05, 3.63) is 35.9 Å². The molecule has 0 bridgehead atoms. The van der Waals surface area contributed by atoms with Crippen LogP contribution in [-0.2, 0) is 12.7 Å². The summed E-state index contributed by atoms with van der Waals surface area (Å²) >= 11 is 0. The maximum atomic E-state index is 13.0. The van der Waals surface area contributed by atoms with Gasteiger partial charge in [0, 0.05) is 13.6 Å². The van der Waals surface area contributed by atoms with E-state index in [0.717, 1.165) is 5.56 Å². The molecule has 7 nitrogen and oxygen atoms in total. The summed E-state index contributed by atoms with van der Waals surface area (Å²) in [4.78, 5) is 15.3. The first-order valence-electron chi connectivity index (χ1n) is 7.30. The number of ether oxygens (including phenoxy) is 2. The summed E-state index contributed by atoms with van der Waals surface area (Å²) in [5, 5.41) is 0. The van der Waals surface area contributed by atoms with Crippen molar-refractivity contribution in [2.45, 2.75) is 12.7 Å². The third-order valence-corrected chi connectivity index (χ3v) is 3.74. The lowest BCUT2D eigenvalue weighted by molar-refractivity contribution is -0.144. The van der Waals surface area contributed by atoms with Crippen molar-refractivity contribution in [1.29, 1.82) is 0 Å². The molecule has 2 aromatic heterocycles. The lowest BCUT2D eigenvalue weighted by Crippen LogP contribution is -2.21. The number of imidazole rings is 1. The molecule has 1 N–H and O–H groups in total. The zero-order chi connectivity index (χ0) is 17.6. The molecular formula is C15H12F3N5O2. The van der Waals surface area contributed by atoms with Gasteiger partial charge in [0.2, 0.25) is 12.6 Å². The standard InChI is InChI=1S/C15H12F3N5O2/c1-23(5-8-2-3-9-10(4-8)25-7-24-9)13-11-12(20-6-19-11)21-14(22-13)15(16,17)18/h2-4,6H,5,7H2,1H3,(H,19,20,21,22). The largest absolute Gasteiger partial charge is 0.454 e. The predicted octanol–water partition coefficient (Wildman–Crippen LogP) is 2.74. The van der Waals surface area contributed by atoms with Gasteiger partial charge in [-0.15, -0.1) is 0 Å². The van der Waals surface area contributed by atoms with Gasteiger partial charge in [0.05, 0.1) is 6.33 Å². The highest BCUT2D eigenvalue weighted by atomic mass is 19.4. The molecule has 0 unspecified atom stereocenters. The summed E-state index contributed by atoms with van der Waals surface area (Å²) in [6, 6.07) is 5.37. The smallest absolute Gasteiger partial charge is 0.451 e. The van der Waals surface area contributed by atoms with Gasteiger partial charge in [0.1, 0.15) is 5.52 Å². The number of alkyl halides is 3. The Kier molecular flexibility index (Phi) is 3.41. The molecule has 0 atom stereocenters. The number of fused-ring (bicyclic) bond motifs is 2. The van der Waals surface area contributed by atoms with Crippen LogP contribution in [0.3, 0.4) is 0 Å². The minimum Gasteiger partial charge on any atom is -0.454 e. The lowest BCUT2D eigenvalue weighted by Gasteiger charge is -2.20. The van der Waals surface area contributed by atoms with Crippen molar-refractivity contribution in [3.63, 3.8) is 0 Å². The van der Waals surface area contributed by atoms with Crippen LogP contribution in [0.1, 0.15) is 11.4 Å². The molecule has 10 heteroatoms. The fraction of sp³-hybridized carbons (Fsp3) is 0.267. The maximum Gasteiger partial charge on any atom is 0.451 e. The van der Waals surface area contributed by atoms with E-state index in [1.54, 1.807) is 24.1 Å². The number of benzene rings is 1. The molecule has 1 aliphatic rings. The number of aromatic amines is 1. The third-order valence-electron chi connectivity index (χ3n) is 3.74. The second kappa shape index (κ2) is 5.50. The number of anilines is 1. The number of nitrogens with zero attached hydrogens (tertiary/aromatic N) is 4. The van der Waals surface area contributed by atoms with Crippen LogP contribution in [0.4, 0.5) is 19.0 Å². The van der Waals surface area contributed by atoms with Gasteiger partial charge in [-0.3, -0.25) is 0 Å². The number of nitrogens with one attached hydrogen (secondary N) is 1. The van der Waals surface area contributed by atoms with Crippen LogP contribution in [0.25, 0.3) is 11.2 Å². The molecular weight excluding hydrogens is 339 g/mol. The molecule has 0 fully saturated rings. The Labute approximate surface area is 139 Å². The Morgan fingerprint density at radius 2 is 2.00 bits per heavy atom. The zero-order valence-corrected chi connectivity index (χ0v) is 13.0. The summed E-state index contributed by atoms with van der Waals surface area (Å²) in [6.07, 6.45) is -3.36. The van der Waals surface area contributed by atoms with Gasteiger partial charge in [-0.2, -0.15) is 13.2 Å². The quantitative estimate of drug-likeness (QED) is 0.782. The van der Waals surface area contributed by atoms with Crippen LogP contribution in [-0.4, -0.2) is 33.8 Å². The summed E-state index contributed by atoms with van der Waals surface area (Å²) in [5.74, 6) is 0.145. The van der Waals surface area contributed by atoms with Gasteiger partial charge in [-0.25, -0.2) is 15.0 Å². The van der Waals surface area contributed by atoms with Gasteiger partial charge in [0.15, 0.2) is 23.0 Å². The fourth-order valence-electron chi connectivity index (χ4n) is 2.61. The Balaban J connectivity index is 1.69. The van der Waals surface area contributed by atoms with Crippen molar-refractivity contribution >= 4 is 17.0 Å². The second-order valence-electron chi connectivity index (χ2n) is 5.51. The van der Waals surface area contributed by atoms with Crippen molar-refractivity contribution in [2.24, 2.45) is 0 Å². The van der Waals surface area contributed by atoms with E-state index in [1.165, 1.54) is 6.33 Å². The number of H-pyrrole nitrogens is 1. The van der Waals surface area contributed by atoms with E-state index in [2.05, 4.69) is 19.9 Å². The van der Waals surface area contributed by atoms with Gasteiger partial charge in [-0.05, 0) is 17.7 Å². The number of hydrogen-bond acceptors (Lipinski definition) is 6. The summed E-state index contributed by atoms with van der Waals surface area (Å²) in [6.45, 7) is 0.476. The Bertz CT molecular complexity index is 941. The van der Waals surface area contributed by atoms with E-state index in [1.807, 2.05) is 6.07 Å². The van der Waals surface area contributed by atoms with Crippen LogP contribution in [0.2, 0.25) is 0 Å². The minimum absolute atomic E-state index is 0.0325. The average Bonchev–Trinajstić information content (AvgIpc) is 3.21. The van der Waals surface area contributed by atoms with Crippen LogP contribution in [0.5, 0.6) is 11.5 Å². The predicted molar refractivity (Wildman–Crippen MR) is 81.4 cm³/mol. The minimum atomic E-state index is -4.65. The first-order chi connectivity index (χ1) is 11.9. The molecule has 1 aliphatic heterocycles. The first-order valence-corrected chi connectivity index (χ1v) is 7.30. The molecule has 25 heavy (non-hydrogen) atoms. The second-order valence-corrected chi connectivity index (χ2v) is 5.51. The monoisotopic (exact) mass is 351 g/mol. The summed E-state index contributed by atoms with van der Waals surface area (Å²) in [5.41, 5.74) is 1.15. The maximum absolute atomic E-state index is 13.0. The summed E-state index contributed by atoms with van der Waals surface area (Å²) < 4.78 is 49.7. The SMILES string of the molecule is CN(Cc1ccc2c(c1)OCO2)c1nc(C(F)(F)F)nc2nc[nH]c12. The molecule has 3 aromatic rings. The molecule has 3 heterocycles. The van der Waals surface area contributed by atoms with Gasteiger partial charge in [-0.1, -0.05) is 6.07 Å². The molecule has 130 valence electrons. The van der Waals surface area contributed by atoms with E-state index >= 15 is 0 Å². The normalized spacial score (nSPS) is 13.4. The van der Waals surface area contributed by atoms with Crippen molar-refractivity contribution < 1.29 is 22.6 Å². The molecule has 0 radical (unpaired) electrons. The Morgan fingerprint density at radius 1 is 1.20 bits per heavy atom. The lowest BCUT2D eigenvalue weighted by atomic mass is 10.2.